The van der Waals surface area contributed by atoms with Crippen LogP contribution in [-0.2, 0) is 13.0 Å². The lowest BCUT2D eigenvalue weighted by Crippen LogP contribution is -2.46. The van der Waals surface area contributed by atoms with Crippen LogP contribution in [0.3, 0.4) is 0 Å². The number of piperazine rings is 1. The molecule has 0 bridgehead atoms. The van der Waals surface area contributed by atoms with Crippen molar-refractivity contribution in [3.05, 3.63) is 95.8 Å². The van der Waals surface area contributed by atoms with E-state index in [0.29, 0.717) is 17.9 Å². The summed E-state index contributed by atoms with van der Waals surface area (Å²) >= 11 is 0. The molecule has 0 saturated carbocycles. The quantitative estimate of drug-likeness (QED) is 0.382. The predicted octanol–water partition coefficient (Wildman–Crippen LogP) is 4.93. The third-order valence-corrected chi connectivity index (χ3v) is 6.62. The van der Waals surface area contributed by atoms with E-state index in [9.17, 15) is 4.79 Å². The van der Waals surface area contributed by atoms with Crippen molar-refractivity contribution in [1.29, 1.82) is 0 Å². The highest BCUT2D eigenvalue weighted by atomic mass is 16.4. The fraction of sp³-hybridized carbons (Fsp3) is 0.310. The predicted molar refractivity (Wildman–Crippen MR) is 140 cm³/mol. The van der Waals surface area contributed by atoms with Crippen LogP contribution < -0.4 is 10.2 Å². The summed E-state index contributed by atoms with van der Waals surface area (Å²) in [5.74, 6) is 2.17. The molecule has 4 aromatic rings. The zero-order chi connectivity index (χ0) is 24.9. The number of anilines is 1. The lowest BCUT2D eigenvalue weighted by molar-refractivity contribution is 0.0939. The van der Waals surface area contributed by atoms with Crippen molar-refractivity contribution >= 4 is 11.6 Å². The molecule has 0 radical (unpaired) electrons. The minimum Gasteiger partial charge on any atom is -0.469 e. The number of para-hydroxylation sites is 1. The minimum atomic E-state index is -0.112. The van der Waals surface area contributed by atoms with E-state index in [1.54, 1.807) is 6.26 Å². The molecule has 1 unspecified atom stereocenters. The van der Waals surface area contributed by atoms with E-state index in [0.717, 1.165) is 55.5 Å². The highest BCUT2D eigenvalue weighted by Crippen LogP contribution is 2.24. The normalized spacial score (nSPS) is 15.1. The second kappa shape index (κ2) is 10.8. The van der Waals surface area contributed by atoms with Crippen molar-refractivity contribution in [2.75, 3.05) is 31.1 Å². The van der Waals surface area contributed by atoms with Gasteiger partial charge in [-0.25, -0.2) is 4.98 Å². The third-order valence-electron chi connectivity index (χ3n) is 6.62. The summed E-state index contributed by atoms with van der Waals surface area (Å²) in [5, 5.41) is 3.02. The van der Waals surface area contributed by atoms with Gasteiger partial charge in [0.1, 0.15) is 11.5 Å². The Kier molecular flexibility index (Phi) is 7.18. The number of aryl methyl sites for hydroxylation is 1. The topological polar surface area (TPSA) is 74.8 Å². The number of oxazole rings is 1. The monoisotopic (exact) mass is 484 g/mol. The molecule has 36 heavy (non-hydrogen) atoms. The Morgan fingerprint density at radius 1 is 1.00 bits per heavy atom. The molecule has 7 heteroatoms. The summed E-state index contributed by atoms with van der Waals surface area (Å²) in [5.41, 5.74) is 3.70. The number of nitrogens with zero attached hydrogens (tertiary/aromatic N) is 3. The smallest absolute Gasteiger partial charge is 0.251 e. The van der Waals surface area contributed by atoms with E-state index in [-0.39, 0.29) is 11.9 Å². The van der Waals surface area contributed by atoms with Crippen LogP contribution >= 0.6 is 0 Å². The largest absolute Gasteiger partial charge is 0.469 e. The van der Waals surface area contributed by atoms with Gasteiger partial charge in [-0.3, -0.25) is 9.69 Å². The van der Waals surface area contributed by atoms with Crippen LogP contribution in [0.4, 0.5) is 5.69 Å². The number of aromatic nitrogens is 1. The standard InChI is InChI=1S/C29H32N4O3/c1-21(19-26-9-6-18-35-26)30-28(34)23-10-12-24(13-11-23)29-31-27(22(2)36-29)20-32-14-16-33(17-15-32)25-7-4-3-5-8-25/h3-13,18,21H,14-17,19-20H2,1-2H3,(H,30,34). The Bertz CT molecular complexity index is 1260. The Hall–Kier alpha value is -3.84. The number of rotatable bonds is 8. The lowest BCUT2D eigenvalue weighted by atomic mass is 10.1. The summed E-state index contributed by atoms with van der Waals surface area (Å²) < 4.78 is 11.4. The minimum absolute atomic E-state index is 0.0326. The van der Waals surface area contributed by atoms with Gasteiger partial charge >= 0.3 is 0 Å². The Balaban J connectivity index is 1.16. The number of benzene rings is 2. The van der Waals surface area contributed by atoms with Crippen LogP contribution in [0.2, 0.25) is 0 Å². The van der Waals surface area contributed by atoms with Crippen molar-refractivity contribution < 1.29 is 13.6 Å². The van der Waals surface area contributed by atoms with E-state index in [1.165, 1.54) is 5.69 Å². The summed E-state index contributed by atoms with van der Waals surface area (Å²) in [6, 6.07) is 21.7. The SMILES string of the molecule is Cc1oc(-c2ccc(C(=O)NC(C)Cc3ccco3)cc2)nc1CN1CCN(c2ccccc2)CC1. The first-order valence-corrected chi connectivity index (χ1v) is 12.5. The number of hydrogen-bond acceptors (Lipinski definition) is 6. The summed E-state index contributed by atoms with van der Waals surface area (Å²) in [6.45, 7) is 8.67. The van der Waals surface area contributed by atoms with Crippen LogP contribution in [0.5, 0.6) is 0 Å². The number of carbonyl (C=O) groups excluding carboxylic acids is 1. The van der Waals surface area contributed by atoms with Crippen molar-refractivity contribution in [3.63, 3.8) is 0 Å². The molecule has 5 rings (SSSR count). The maximum atomic E-state index is 12.6. The number of amides is 1. The first-order valence-electron chi connectivity index (χ1n) is 12.5. The van der Waals surface area contributed by atoms with Crippen LogP contribution in [0.25, 0.3) is 11.5 Å². The number of furan rings is 1. The van der Waals surface area contributed by atoms with E-state index in [1.807, 2.05) is 50.2 Å². The maximum absolute atomic E-state index is 12.6. The third kappa shape index (κ3) is 5.69. The molecular weight excluding hydrogens is 452 g/mol. The molecule has 0 spiro atoms. The van der Waals surface area contributed by atoms with Crippen molar-refractivity contribution in [1.82, 2.24) is 15.2 Å². The molecule has 1 atom stereocenters. The Labute approximate surface area is 211 Å². The van der Waals surface area contributed by atoms with E-state index < -0.39 is 0 Å². The van der Waals surface area contributed by atoms with Gasteiger partial charge in [0.2, 0.25) is 5.89 Å². The highest BCUT2D eigenvalue weighted by molar-refractivity contribution is 5.94. The molecule has 1 N–H and O–H groups in total. The molecule has 0 aliphatic carbocycles. The van der Waals surface area contributed by atoms with E-state index in [4.69, 9.17) is 13.8 Å². The molecule has 186 valence electrons. The van der Waals surface area contributed by atoms with Crippen molar-refractivity contribution in [2.45, 2.75) is 32.9 Å². The Morgan fingerprint density at radius 2 is 1.75 bits per heavy atom. The molecule has 7 nitrogen and oxygen atoms in total. The molecule has 1 fully saturated rings. The number of hydrogen-bond donors (Lipinski definition) is 1. The number of nitrogens with one attached hydrogen (secondary N) is 1. The van der Waals surface area contributed by atoms with Crippen molar-refractivity contribution in [3.8, 4) is 11.5 Å². The fourth-order valence-corrected chi connectivity index (χ4v) is 4.57. The molecule has 3 heterocycles. The second-order valence-corrected chi connectivity index (χ2v) is 9.36. The Morgan fingerprint density at radius 3 is 2.44 bits per heavy atom. The van der Waals surface area contributed by atoms with E-state index in [2.05, 4.69) is 45.4 Å². The van der Waals surface area contributed by atoms with Crippen molar-refractivity contribution in [2.24, 2.45) is 0 Å². The van der Waals surface area contributed by atoms with Gasteiger partial charge in [-0.15, -0.1) is 0 Å². The van der Waals surface area contributed by atoms with Gasteiger partial charge in [0, 0.05) is 62.0 Å². The summed E-state index contributed by atoms with van der Waals surface area (Å²) in [4.78, 5) is 22.3. The van der Waals surface area contributed by atoms with Crippen LogP contribution in [0.15, 0.2) is 81.8 Å². The number of carbonyl (C=O) groups is 1. The molecule has 1 saturated heterocycles. The maximum Gasteiger partial charge on any atom is 0.251 e. The van der Waals surface area contributed by atoms with Gasteiger partial charge in [-0.05, 0) is 62.4 Å². The lowest BCUT2D eigenvalue weighted by Gasteiger charge is -2.35. The summed E-state index contributed by atoms with van der Waals surface area (Å²) in [6.07, 6.45) is 2.29. The van der Waals surface area contributed by atoms with Gasteiger partial charge in [0.15, 0.2) is 0 Å². The molecule has 1 aliphatic rings. The highest BCUT2D eigenvalue weighted by Gasteiger charge is 2.20. The van der Waals surface area contributed by atoms with Gasteiger partial charge in [-0.2, -0.15) is 0 Å². The fourth-order valence-electron chi connectivity index (χ4n) is 4.57. The molecule has 2 aromatic carbocycles. The first kappa shape index (κ1) is 23.9. The van der Waals surface area contributed by atoms with Gasteiger partial charge < -0.3 is 19.1 Å². The summed E-state index contributed by atoms with van der Waals surface area (Å²) in [7, 11) is 0. The molecule has 1 amide bonds. The van der Waals surface area contributed by atoms with Crippen LogP contribution in [-0.4, -0.2) is 48.0 Å². The molecular formula is C29H32N4O3. The van der Waals surface area contributed by atoms with Gasteiger partial charge in [0.25, 0.3) is 5.91 Å². The average molecular weight is 485 g/mol. The molecule has 1 aliphatic heterocycles. The first-order chi connectivity index (χ1) is 17.5. The van der Waals surface area contributed by atoms with Gasteiger partial charge in [0.05, 0.1) is 12.0 Å². The van der Waals surface area contributed by atoms with E-state index >= 15 is 0 Å². The second-order valence-electron chi connectivity index (χ2n) is 9.36. The van der Waals surface area contributed by atoms with Gasteiger partial charge in [-0.1, -0.05) is 18.2 Å². The zero-order valence-electron chi connectivity index (χ0n) is 20.8. The zero-order valence-corrected chi connectivity index (χ0v) is 20.8. The van der Waals surface area contributed by atoms with Crippen LogP contribution in [0, 0.1) is 6.92 Å². The molecule has 2 aromatic heterocycles. The van der Waals surface area contributed by atoms with Crippen LogP contribution in [0.1, 0.15) is 34.5 Å². The average Bonchev–Trinajstić information content (AvgIpc) is 3.54.